The van der Waals surface area contributed by atoms with Gasteiger partial charge in [0.25, 0.3) is 5.91 Å². The molecule has 128 valence electrons. The van der Waals surface area contributed by atoms with Crippen molar-refractivity contribution in [3.63, 3.8) is 0 Å². The molecule has 1 atom stereocenters. The topological polar surface area (TPSA) is 47.6 Å². The predicted molar refractivity (Wildman–Crippen MR) is 95.6 cm³/mol. The summed E-state index contributed by atoms with van der Waals surface area (Å²) in [6, 6.07) is 14.6. The Labute approximate surface area is 147 Å². The third-order valence-corrected chi connectivity index (χ3v) is 3.82. The number of methoxy groups -OCH3 is 1. The number of rotatable bonds is 8. The number of carbonyl (C=O) groups is 1. The van der Waals surface area contributed by atoms with Crippen molar-refractivity contribution in [2.45, 2.75) is 26.0 Å². The Morgan fingerprint density at radius 2 is 2.00 bits per heavy atom. The minimum absolute atomic E-state index is 0.00136. The van der Waals surface area contributed by atoms with Gasteiger partial charge in [-0.25, -0.2) is 0 Å². The number of ether oxygens (including phenoxy) is 2. The number of halogens is 1. The summed E-state index contributed by atoms with van der Waals surface area (Å²) >= 11 is 5.96. The lowest BCUT2D eigenvalue weighted by molar-refractivity contribution is 0.0894. The van der Waals surface area contributed by atoms with Gasteiger partial charge in [-0.15, -0.1) is 0 Å². The maximum Gasteiger partial charge on any atom is 0.251 e. The average molecular weight is 348 g/mol. The van der Waals surface area contributed by atoms with Crippen molar-refractivity contribution >= 4 is 17.5 Å². The molecular formula is C19H22ClNO3. The van der Waals surface area contributed by atoms with Crippen LogP contribution < -0.4 is 10.1 Å². The summed E-state index contributed by atoms with van der Waals surface area (Å²) in [5, 5.41) is 3.63. The first-order chi connectivity index (χ1) is 11.6. The first-order valence-electron chi connectivity index (χ1n) is 7.89. The van der Waals surface area contributed by atoms with Gasteiger partial charge in [0.1, 0.15) is 12.4 Å². The van der Waals surface area contributed by atoms with E-state index < -0.39 is 0 Å². The summed E-state index contributed by atoms with van der Waals surface area (Å²) in [6.45, 7) is 2.90. The van der Waals surface area contributed by atoms with Crippen molar-refractivity contribution in [2.75, 3.05) is 13.7 Å². The number of amides is 1. The van der Waals surface area contributed by atoms with Crippen LogP contribution in [0, 0.1) is 0 Å². The number of hydrogen-bond donors (Lipinski definition) is 1. The summed E-state index contributed by atoms with van der Waals surface area (Å²) in [4.78, 5) is 12.3. The van der Waals surface area contributed by atoms with Crippen molar-refractivity contribution in [3.05, 3.63) is 64.7 Å². The van der Waals surface area contributed by atoms with Gasteiger partial charge < -0.3 is 14.8 Å². The second-order valence-electron chi connectivity index (χ2n) is 5.48. The molecule has 2 rings (SSSR count). The number of nitrogens with one attached hydrogen (secondary N) is 1. The fraction of sp³-hybridized carbons (Fsp3) is 0.316. The van der Waals surface area contributed by atoms with Crippen LogP contribution >= 0.6 is 11.6 Å². The fourth-order valence-electron chi connectivity index (χ4n) is 2.25. The highest BCUT2D eigenvalue weighted by Crippen LogP contribution is 2.17. The Balaban J connectivity index is 1.99. The Hall–Kier alpha value is -2.04. The van der Waals surface area contributed by atoms with Crippen molar-refractivity contribution in [2.24, 2.45) is 0 Å². The van der Waals surface area contributed by atoms with Gasteiger partial charge in [0, 0.05) is 17.7 Å². The van der Waals surface area contributed by atoms with E-state index in [0.29, 0.717) is 29.5 Å². The molecular weight excluding hydrogens is 326 g/mol. The lowest BCUT2D eigenvalue weighted by atomic mass is 10.1. The summed E-state index contributed by atoms with van der Waals surface area (Å²) in [5.74, 6) is 0.509. The molecule has 0 fully saturated rings. The molecule has 2 aromatic carbocycles. The lowest BCUT2D eigenvalue weighted by Gasteiger charge is -2.16. The van der Waals surface area contributed by atoms with Crippen LogP contribution in [0.1, 0.15) is 29.3 Å². The number of hydrogen-bond acceptors (Lipinski definition) is 3. The molecule has 0 aliphatic rings. The molecule has 0 aliphatic carbocycles. The third kappa shape index (κ3) is 5.55. The van der Waals surface area contributed by atoms with E-state index in [1.807, 2.05) is 37.3 Å². The van der Waals surface area contributed by atoms with Crippen molar-refractivity contribution in [1.82, 2.24) is 5.32 Å². The van der Waals surface area contributed by atoms with Crippen LogP contribution in [0.3, 0.4) is 0 Å². The SMILES string of the molecule is CCC(COC)NC(=O)c1cccc(OCc2cccc(Cl)c2)c1. The average Bonchev–Trinajstić information content (AvgIpc) is 2.60. The van der Waals surface area contributed by atoms with Gasteiger partial charge in [-0.2, -0.15) is 0 Å². The largest absolute Gasteiger partial charge is 0.489 e. The van der Waals surface area contributed by atoms with Gasteiger partial charge >= 0.3 is 0 Å². The second-order valence-corrected chi connectivity index (χ2v) is 5.92. The second kappa shape index (κ2) is 9.30. The van der Waals surface area contributed by atoms with E-state index in [4.69, 9.17) is 21.1 Å². The molecule has 4 nitrogen and oxygen atoms in total. The van der Waals surface area contributed by atoms with Crippen molar-refractivity contribution < 1.29 is 14.3 Å². The molecule has 0 bridgehead atoms. The van der Waals surface area contributed by atoms with Crippen LogP contribution in [0.4, 0.5) is 0 Å². The number of benzene rings is 2. The highest BCUT2D eigenvalue weighted by atomic mass is 35.5. The molecule has 0 aromatic heterocycles. The quantitative estimate of drug-likeness (QED) is 0.783. The van der Waals surface area contributed by atoms with Gasteiger partial charge in [0.15, 0.2) is 0 Å². The molecule has 1 unspecified atom stereocenters. The Kier molecular flexibility index (Phi) is 7.09. The maximum atomic E-state index is 12.3. The highest BCUT2D eigenvalue weighted by molar-refractivity contribution is 6.30. The lowest BCUT2D eigenvalue weighted by Crippen LogP contribution is -2.37. The van der Waals surface area contributed by atoms with E-state index in [-0.39, 0.29) is 11.9 Å². The zero-order chi connectivity index (χ0) is 17.4. The molecule has 5 heteroatoms. The van der Waals surface area contributed by atoms with Gasteiger partial charge in [-0.3, -0.25) is 4.79 Å². The Morgan fingerprint density at radius 1 is 1.21 bits per heavy atom. The van der Waals surface area contributed by atoms with E-state index in [0.717, 1.165) is 12.0 Å². The van der Waals surface area contributed by atoms with E-state index in [1.54, 1.807) is 25.3 Å². The van der Waals surface area contributed by atoms with E-state index in [1.165, 1.54) is 0 Å². The Bertz CT molecular complexity index is 675. The van der Waals surface area contributed by atoms with Gasteiger partial charge in [0.2, 0.25) is 0 Å². The van der Waals surface area contributed by atoms with Gasteiger partial charge in [0.05, 0.1) is 12.6 Å². The Morgan fingerprint density at radius 3 is 2.71 bits per heavy atom. The number of carbonyl (C=O) groups excluding carboxylic acids is 1. The molecule has 0 spiro atoms. The smallest absolute Gasteiger partial charge is 0.251 e. The first-order valence-corrected chi connectivity index (χ1v) is 8.27. The molecule has 0 saturated heterocycles. The molecule has 1 amide bonds. The minimum atomic E-state index is -0.132. The van der Waals surface area contributed by atoms with Crippen molar-refractivity contribution in [1.29, 1.82) is 0 Å². The molecule has 0 saturated carbocycles. The van der Waals surface area contributed by atoms with Crippen LogP contribution in [0.5, 0.6) is 5.75 Å². The van der Waals surface area contributed by atoms with E-state index in [2.05, 4.69) is 5.32 Å². The van der Waals surface area contributed by atoms with Crippen LogP contribution in [-0.2, 0) is 11.3 Å². The molecule has 0 radical (unpaired) electrons. The molecule has 1 N–H and O–H groups in total. The minimum Gasteiger partial charge on any atom is -0.489 e. The fourth-order valence-corrected chi connectivity index (χ4v) is 2.46. The zero-order valence-corrected chi connectivity index (χ0v) is 14.7. The first kappa shape index (κ1) is 18.3. The van der Waals surface area contributed by atoms with Crippen LogP contribution in [-0.4, -0.2) is 25.7 Å². The van der Waals surface area contributed by atoms with Crippen LogP contribution in [0.15, 0.2) is 48.5 Å². The van der Waals surface area contributed by atoms with Gasteiger partial charge in [-0.1, -0.05) is 36.7 Å². The monoisotopic (exact) mass is 347 g/mol. The zero-order valence-electron chi connectivity index (χ0n) is 13.9. The van der Waals surface area contributed by atoms with E-state index >= 15 is 0 Å². The van der Waals surface area contributed by atoms with Crippen LogP contribution in [0.2, 0.25) is 5.02 Å². The highest BCUT2D eigenvalue weighted by Gasteiger charge is 2.12. The molecule has 0 aliphatic heterocycles. The van der Waals surface area contributed by atoms with Gasteiger partial charge in [-0.05, 0) is 42.3 Å². The molecule has 2 aromatic rings. The predicted octanol–water partition coefficient (Wildman–Crippen LogP) is 4.07. The summed E-state index contributed by atoms with van der Waals surface area (Å²) in [6.07, 6.45) is 0.810. The summed E-state index contributed by atoms with van der Waals surface area (Å²) in [5.41, 5.74) is 1.54. The maximum absolute atomic E-state index is 12.3. The van der Waals surface area contributed by atoms with E-state index in [9.17, 15) is 4.79 Å². The molecule has 0 heterocycles. The molecule has 24 heavy (non-hydrogen) atoms. The summed E-state index contributed by atoms with van der Waals surface area (Å²) in [7, 11) is 1.62. The summed E-state index contributed by atoms with van der Waals surface area (Å²) < 4.78 is 10.9. The van der Waals surface area contributed by atoms with Crippen molar-refractivity contribution in [3.8, 4) is 5.75 Å². The standard InChI is InChI=1S/C19H22ClNO3/c1-3-17(13-23-2)21-19(22)15-7-5-9-18(11-15)24-12-14-6-4-8-16(20)10-14/h4-11,17H,3,12-13H2,1-2H3,(H,21,22). The van der Waals surface area contributed by atoms with Crippen LogP contribution in [0.25, 0.3) is 0 Å². The normalized spacial score (nSPS) is 11.8. The third-order valence-electron chi connectivity index (χ3n) is 3.59.